The van der Waals surface area contributed by atoms with Crippen LogP contribution in [0.4, 0.5) is 0 Å². The Kier molecular flexibility index (Phi) is 32.4. The Morgan fingerprint density at radius 2 is 1.84 bits per heavy atom. The molecule has 0 aromatic carbocycles. The SMILES string of the molecule is C1CCOC1.CC(=O)CC#N.CC(O)CC#N.[B].[H-].[Na+]. The maximum absolute atomic E-state index is 9.82. The molecule has 1 aliphatic heterocycles. The molecule has 0 spiro atoms. The number of hydrogen-bond acceptors (Lipinski definition) is 5. The summed E-state index contributed by atoms with van der Waals surface area (Å²) in [6.45, 7) is 4.98. The molecule has 1 fully saturated rings. The first-order valence-corrected chi connectivity index (χ1v) is 5.53. The average molecular weight is 275 g/mol. The summed E-state index contributed by atoms with van der Waals surface area (Å²) in [5, 5.41) is 23.9. The van der Waals surface area contributed by atoms with E-state index in [0.29, 0.717) is 0 Å². The zero-order chi connectivity index (χ0) is 13.5. The zero-order valence-corrected chi connectivity index (χ0v) is 14.1. The standard InChI is InChI=1S/C4H7NO.C4H5NO.C4H8O.B.Na.H/c2*1-4(6)2-3-5;1-2-4-5-3-1;;;/h4,6H,2H2,1H3;2H2,1H3;1-4H2;;;/q;;;;+1;-1. The van der Waals surface area contributed by atoms with Crippen LogP contribution in [0.3, 0.4) is 0 Å². The molecule has 19 heavy (non-hydrogen) atoms. The van der Waals surface area contributed by atoms with Crippen LogP contribution in [-0.2, 0) is 9.53 Å². The molecule has 1 N–H and O–H groups in total. The van der Waals surface area contributed by atoms with Crippen LogP contribution in [0.15, 0.2) is 0 Å². The van der Waals surface area contributed by atoms with E-state index in [1.165, 1.54) is 19.8 Å². The average Bonchev–Trinajstić information content (AvgIpc) is 2.75. The third-order valence-electron chi connectivity index (χ3n) is 1.54. The van der Waals surface area contributed by atoms with Gasteiger partial charge in [-0.25, -0.2) is 0 Å². The second kappa shape index (κ2) is 22.8. The van der Waals surface area contributed by atoms with E-state index in [4.69, 9.17) is 20.4 Å². The van der Waals surface area contributed by atoms with Gasteiger partial charge in [0.15, 0.2) is 0 Å². The number of rotatable bonds is 2. The second-order valence-corrected chi connectivity index (χ2v) is 3.57. The van der Waals surface area contributed by atoms with E-state index in [9.17, 15) is 4.79 Å². The van der Waals surface area contributed by atoms with Crippen molar-refractivity contribution >= 4 is 14.2 Å². The molecule has 1 heterocycles. The van der Waals surface area contributed by atoms with Crippen molar-refractivity contribution in [3.05, 3.63) is 0 Å². The maximum atomic E-state index is 9.82. The van der Waals surface area contributed by atoms with Gasteiger partial charge < -0.3 is 11.3 Å². The Morgan fingerprint density at radius 1 is 1.37 bits per heavy atom. The van der Waals surface area contributed by atoms with Crippen molar-refractivity contribution < 1.29 is 45.6 Å². The van der Waals surface area contributed by atoms with Crippen molar-refractivity contribution in [3.8, 4) is 12.1 Å². The molecule has 1 rings (SSSR count). The fourth-order valence-corrected chi connectivity index (χ4v) is 0.754. The van der Waals surface area contributed by atoms with Crippen molar-refractivity contribution in [2.24, 2.45) is 0 Å². The number of ether oxygens (including phenoxy) is 1. The number of Topliss-reactive ketones (excluding diaryl/α,β-unsaturated/α-hetero) is 1. The summed E-state index contributed by atoms with van der Waals surface area (Å²) in [4.78, 5) is 9.82. The Morgan fingerprint density at radius 3 is 1.89 bits per heavy atom. The van der Waals surface area contributed by atoms with E-state index in [1.54, 1.807) is 13.0 Å². The number of aliphatic hydroxyl groups excluding tert-OH is 1. The summed E-state index contributed by atoms with van der Waals surface area (Å²) in [7, 11) is 0. The minimum atomic E-state index is -0.463. The quantitative estimate of drug-likeness (QED) is 0.606. The second-order valence-electron chi connectivity index (χ2n) is 3.57. The zero-order valence-electron chi connectivity index (χ0n) is 13.1. The Hall–Kier alpha value is -0.365. The minimum absolute atomic E-state index is 0. The molecule has 0 aliphatic carbocycles. The third kappa shape index (κ3) is 38.1. The molecule has 101 valence electrons. The Bertz CT molecular complexity index is 269. The Labute approximate surface area is 141 Å². The molecular weight excluding hydrogens is 254 g/mol. The van der Waals surface area contributed by atoms with E-state index in [0.717, 1.165) is 13.2 Å². The van der Waals surface area contributed by atoms with Crippen LogP contribution in [0.2, 0.25) is 0 Å². The van der Waals surface area contributed by atoms with E-state index < -0.39 is 6.10 Å². The molecule has 1 atom stereocenters. The monoisotopic (exact) mass is 275 g/mol. The number of hydrogen-bond donors (Lipinski definition) is 1. The smallest absolute Gasteiger partial charge is 1.00 e. The molecule has 0 aromatic heterocycles. The number of carbonyl (C=O) groups is 1. The number of carbonyl (C=O) groups excluding carboxylic acids is 1. The maximum Gasteiger partial charge on any atom is 1.00 e. The van der Waals surface area contributed by atoms with Crippen molar-refractivity contribution in [3.63, 3.8) is 0 Å². The van der Waals surface area contributed by atoms with Gasteiger partial charge in [-0.2, -0.15) is 10.5 Å². The van der Waals surface area contributed by atoms with Crippen molar-refractivity contribution in [2.75, 3.05) is 13.2 Å². The first-order valence-electron chi connectivity index (χ1n) is 5.53. The first kappa shape index (κ1) is 27.1. The molecular formula is C12H21BN2NaO3. The van der Waals surface area contributed by atoms with Crippen LogP contribution >= 0.6 is 0 Å². The number of nitriles is 2. The molecule has 1 unspecified atom stereocenters. The van der Waals surface area contributed by atoms with Crippen LogP contribution in [0.1, 0.15) is 41.0 Å². The van der Waals surface area contributed by atoms with Gasteiger partial charge in [-0.15, -0.1) is 0 Å². The van der Waals surface area contributed by atoms with Crippen molar-refractivity contribution in [2.45, 2.75) is 45.6 Å². The molecule has 0 bridgehead atoms. The predicted octanol–water partition coefficient (Wildman–Crippen LogP) is -1.70. The molecule has 1 aliphatic rings. The molecule has 7 heteroatoms. The van der Waals surface area contributed by atoms with E-state index >= 15 is 0 Å². The third-order valence-corrected chi connectivity index (χ3v) is 1.54. The molecule has 1 saturated heterocycles. The largest absolute Gasteiger partial charge is 1.00 e. The first-order chi connectivity index (χ1) is 8.04. The summed E-state index contributed by atoms with van der Waals surface area (Å²) in [6.07, 6.45) is 2.37. The van der Waals surface area contributed by atoms with Gasteiger partial charge >= 0.3 is 29.6 Å². The summed E-state index contributed by atoms with van der Waals surface area (Å²) in [5.41, 5.74) is 0. The van der Waals surface area contributed by atoms with Gasteiger partial charge in [-0.05, 0) is 26.7 Å². The molecule has 3 radical (unpaired) electrons. The van der Waals surface area contributed by atoms with Gasteiger partial charge in [0.05, 0.1) is 31.1 Å². The van der Waals surface area contributed by atoms with Crippen LogP contribution in [0, 0.1) is 22.7 Å². The Balaban J connectivity index is -0.0000000524. The van der Waals surface area contributed by atoms with Gasteiger partial charge in [-0.3, -0.25) is 4.79 Å². The van der Waals surface area contributed by atoms with Gasteiger partial charge in [0.1, 0.15) is 5.78 Å². The van der Waals surface area contributed by atoms with Crippen LogP contribution in [0.5, 0.6) is 0 Å². The predicted molar refractivity (Wildman–Crippen MR) is 69.7 cm³/mol. The van der Waals surface area contributed by atoms with Crippen molar-refractivity contribution in [1.82, 2.24) is 0 Å². The van der Waals surface area contributed by atoms with Gasteiger partial charge in [0.25, 0.3) is 0 Å². The fourth-order valence-electron chi connectivity index (χ4n) is 0.754. The normalized spacial score (nSPS) is 12.5. The summed E-state index contributed by atoms with van der Waals surface area (Å²) < 4.78 is 4.94. The van der Waals surface area contributed by atoms with Gasteiger partial charge in [0.2, 0.25) is 0 Å². The fraction of sp³-hybridized carbons (Fsp3) is 0.750. The van der Waals surface area contributed by atoms with Crippen LogP contribution in [-0.4, -0.2) is 38.6 Å². The molecule has 0 aromatic rings. The van der Waals surface area contributed by atoms with Gasteiger partial charge in [0, 0.05) is 21.6 Å². The molecule has 0 saturated carbocycles. The van der Waals surface area contributed by atoms with Crippen molar-refractivity contribution in [1.29, 1.82) is 10.5 Å². The van der Waals surface area contributed by atoms with E-state index in [2.05, 4.69) is 0 Å². The van der Waals surface area contributed by atoms with E-state index in [-0.39, 0.29) is 58.0 Å². The summed E-state index contributed by atoms with van der Waals surface area (Å²) in [5.74, 6) is -0.0718. The van der Waals surface area contributed by atoms with Crippen LogP contribution < -0.4 is 29.6 Å². The number of nitrogens with zero attached hydrogens (tertiary/aromatic N) is 2. The topological polar surface area (TPSA) is 94.1 Å². The summed E-state index contributed by atoms with van der Waals surface area (Å²) >= 11 is 0. The number of aliphatic hydroxyl groups is 1. The molecule has 0 amide bonds. The van der Waals surface area contributed by atoms with Crippen LogP contribution in [0.25, 0.3) is 0 Å². The van der Waals surface area contributed by atoms with E-state index in [1.807, 2.05) is 6.07 Å². The van der Waals surface area contributed by atoms with Gasteiger partial charge in [-0.1, -0.05) is 0 Å². The minimum Gasteiger partial charge on any atom is -1.00 e. The number of ketones is 1. The molecule has 5 nitrogen and oxygen atoms in total. The summed E-state index contributed by atoms with van der Waals surface area (Å²) in [6, 6.07) is 3.53.